The molecular formula is C25H23N3O4. The number of Topliss-reactive ketones (excluding diaryl/α,β-unsaturated/α-hetero) is 1. The predicted molar refractivity (Wildman–Crippen MR) is 115 cm³/mol. The zero-order valence-corrected chi connectivity index (χ0v) is 17.8. The van der Waals surface area contributed by atoms with E-state index in [-0.39, 0.29) is 18.2 Å². The summed E-state index contributed by atoms with van der Waals surface area (Å²) in [5.74, 6) is -1.34. The molecule has 1 amide bonds. The van der Waals surface area contributed by atoms with Crippen molar-refractivity contribution in [1.82, 2.24) is 9.88 Å². The Balaban J connectivity index is 1.78. The van der Waals surface area contributed by atoms with Crippen molar-refractivity contribution in [3.05, 3.63) is 95.6 Å². The van der Waals surface area contributed by atoms with Crippen molar-refractivity contribution in [3.8, 4) is 5.75 Å². The Hall–Kier alpha value is -4.00. The van der Waals surface area contributed by atoms with Crippen molar-refractivity contribution >= 4 is 17.4 Å². The van der Waals surface area contributed by atoms with E-state index in [1.807, 2.05) is 26.0 Å². The second-order valence-electron chi connectivity index (χ2n) is 7.80. The largest absolute Gasteiger partial charge is 0.872 e. The van der Waals surface area contributed by atoms with Gasteiger partial charge in [0.15, 0.2) is 12.4 Å². The number of carbonyl (C=O) groups excluding carboxylic acids is 2. The molecule has 0 radical (unpaired) electrons. The third-order valence-electron chi connectivity index (χ3n) is 5.14. The van der Waals surface area contributed by atoms with Crippen molar-refractivity contribution in [3.63, 3.8) is 0 Å². The summed E-state index contributed by atoms with van der Waals surface area (Å²) in [6.07, 6.45) is 6.69. The topological polar surface area (TPSA) is 96.7 Å². The maximum atomic E-state index is 13.4. The van der Waals surface area contributed by atoms with E-state index in [1.54, 1.807) is 61.2 Å². The van der Waals surface area contributed by atoms with Crippen LogP contribution in [0.25, 0.3) is 5.76 Å². The summed E-state index contributed by atoms with van der Waals surface area (Å²) in [7, 11) is 0. The molecule has 1 unspecified atom stereocenters. The molecule has 1 atom stereocenters. The van der Waals surface area contributed by atoms with E-state index in [0.717, 1.165) is 5.56 Å². The highest BCUT2D eigenvalue weighted by Gasteiger charge is 2.44. The summed E-state index contributed by atoms with van der Waals surface area (Å²) in [5.41, 5.74) is 1.67. The van der Waals surface area contributed by atoms with E-state index in [0.29, 0.717) is 16.9 Å². The number of nitrogens with one attached hydrogen (secondary N) is 1. The molecule has 1 aliphatic heterocycles. The molecule has 2 aromatic heterocycles. The fraction of sp³-hybridized carbons (Fsp3) is 0.200. The van der Waals surface area contributed by atoms with Crippen LogP contribution in [-0.4, -0.2) is 27.7 Å². The first-order chi connectivity index (χ1) is 15.5. The fourth-order valence-corrected chi connectivity index (χ4v) is 3.76. The Labute approximate surface area is 186 Å². The Morgan fingerprint density at radius 1 is 1.16 bits per heavy atom. The summed E-state index contributed by atoms with van der Waals surface area (Å²) in [5, 5.41) is 13.4. The SMILES string of the molecule is CC(C)Oc1ccc(C([O-])=C2C(=O)C(=O)N(Cc3ccc[nH+]c3)C2c2cccnc2)cc1. The molecule has 0 saturated carbocycles. The van der Waals surface area contributed by atoms with Crippen LogP contribution in [0, 0.1) is 0 Å². The number of aromatic nitrogens is 2. The number of rotatable bonds is 6. The summed E-state index contributed by atoms with van der Waals surface area (Å²) in [6.45, 7) is 4.00. The van der Waals surface area contributed by atoms with Crippen LogP contribution in [0.4, 0.5) is 0 Å². The van der Waals surface area contributed by atoms with E-state index >= 15 is 0 Å². The Morgan fingerprint density at radius 3 is 2.56 bits per heavy atom. The standard InChI is InChI=1S/C25H23N3O4/c1-16(2)32-20-9-7-18(8-10-20)23(29)21-22(19-6-4-12-27-14-19)28(25(31)24(21)30)15-17-5-3-11-26-13-17/h3-14,16,22,29H,15H2,1-2H3. The number of hydrogen-bond acceptors (Lipinski definition) is 5. The number of ether oxygens (including phenoxy) is 1. The van der Waals surface area contributed by atoms with E-state index in [1.165, 1.54) is 4.90 Å². The third kappa shape index (κ3) is 4.23. The molecule has 0 bridgehead atoms. The number of H-pyrrole nitrogens is 1. The maximum absolute atomic E-state index is 13.4. The molecule has 162 valence electrons. The Morgan fingerprint density at radius 2 is 1.94 bits per heavy atom. The first-order valence-corrected chi connectivity index (χ1v) is 10.3. The molecule has 1 fully saturated rings. The van der Waals surface area contributed by atoms with Crippen LogP contribution >= 0.6 is 0 Å². The van der Waals surface area contributed by atoms with Gasteiger partial charge in [0.05, 0.1) is 18.7 Å². The minimum Gasteiger partial charge on any atom is -0.872 e. The first-order valence-electron chi connectivity index (χ1n) is 10.3. The number of likely N-dealkylation sites (tertiary alicyclic amines) is 1. The molecule has 0 aliphatic carbocycles. The summed E-state index contributed by atoms with van der Waals surface area (Å²) >= 11 is 0. The van der Waals surface area contributed by atoms with E-state index in [2.05, 4.69) is 9.97 Å². The van der Waals surface area contributed by atoms with Gasteiger partial charge in [0.2, 0.25) is 5.78 Å². The first kappa shape index (κ1) is 21.2. The summed E-state index contributed by atoms with van der Waals surface area (Å²) in [4.78, 5) is 34.5. The molecule has 3 heterocycles. The molecule has 7 nitrogen and oxygen atoms in total. The highest BCUT2D eigenvalue weighted by Crippen LogP contribution is 2.39. The van der Waals surface area contributed by atoms with Gasteiger partial charge in [-0.3, -0.25) is 14.6 Å². The molecule has 32 heavy (non-hydrogen) atoms. The number of carbonyl (C=O) groups is 2. The van der Waals surface area contributed by atoms with Crippen LogP contribution < -0.4 is 14.8 Å². The molecule has 3 aromatic rings. The Bertz CT molecular complexity index is 1140. The van der Waals surface area contributed by atoms with Gasteiger partial charge in [0, 0.05) is 29.6 Å². The third-order valence-corrected chi connectivity index (χ3v) is 5.14. The Kier molecular flexibility index (Phi) is 5.98. The van der Waals surface area contributed by atoms with Crippen LogP contribution in [-0.2, 0) is 16.1 Å². The van der Waals surface area contributed by atoms with Crippen LogP contribution in [0.15, 0.2) is 78.9 Å². The molecule has 1 saturated heterocycles. The van der Waals surface area contributed by atoms with Gasteiger partial charge in [-0.15, -0.1) is 0 Å². The zero-order valence-electron chi connectivity index (χ0n) is 17.8. The fourth-order valence-electron chi connectivity index (χ4n) is 3.76. The second-order valence-corrected chi connectivity index (χ2v) is 7.80. The molecular weight excluding hydrogens is 406 g/mol. The quantitative estimate of drug-likeness (QED) is 0.340. The van der Waals surface area contributed by atoms with Gasteiger partial charge in [-0.2, -0.15) is 0 Å². The average Bonchev–Trinajstić information content (AvgIpc) is 3.05. The van der Waals surface area contributed by atoms with Crippen LogP contribution in [0.1, 0.15) is 36.6 Å². The van der Waals surface area contributed by atoms with Gasteiger partial charge in [0.1, 0.15) is 5.75 Å². The minimum atomic E-state index is -0.817. The molecule has 0 spiro atoms. The monoisotopic (exact) mass is 429 g/mol. The lowest BCUT2D eigenvalue weighted by Gasteiger charge is -2.27. The molecule has 1 aliphatic rings. The lowest BCUT2D eigenvalue weighted by atomic mass is 9.96. The van der Waals surface area contributed by atoms with Crippen molar-refractivity contribution < 1.29 is 24.4 Å². The van der Waals surface area contributed by atoms with E-state index in [4.69, 9.17) is 4.74 Å². The highest BCUT2D eigenvalue weighted by atomic mass is 16.5. The lowest BCUT2D eigenvalue weighted by molar-refractivity contribution is -0.378. The second kappa shape index (κ2) is 9.01. The van der Waals surface area contributed by atoms with Gasteiger partial charge >= 0.3 is 0 Å². The lowest BCUT2D eigenvalue weighted by Crippen LogP contribution is -2.29. The van der Waals surface area contributed by atoms with Gasteiger partial charge in [-0.1, -0.05) is 24.0 Å². The van der Waals surface area contributed by atoms with E-state index in [9.17, 15) is 14.7 Å². The van der Waals surface area contributed by atoms with Crippen molar-refractivity contribution in [1.29, 1.82) is 0 Å². The maximum Gasteiger partial charge on any atom is 0.295 e. The molecule has 1 N–H and O–H groups in total. The highest BCUT2D eigenvalue weighted by molar-refractivity contribution is 6.46. The van der Waals surface area contributed by atoms with Crippen LogP contribution in [0.2, 0.25) is 0 Å². The van der Waals surface area contributed by atoms with E-state index < -0.39 is 23.5 Å². The number of pyridine rings is 2. The molecule has 1 aromatic carbocycles. The summed E-state index contributed by atoms with van der Waals surface area (Å²) in [6, 6.07) is 12.9. The number of nitrogens with zero attached hydrogens (tertiary/aromatic N) is 2. The minimum absolute atomic E-state index is 0.00120. The molecule has 7 heteroatoms. The van der Waals surface area contributed by atoms with Crippen molar-refractivity contribution in [2.75, 3.05) is 0 Å². The zero-order chi connectivity index (χ0) is 22.7. The predicted octanol–water partition coefficient (Wildman–Crippen LogP) is 2.11. The number of amides is 1. The number of hydrogen-bond donors (Lipinski definition) is 0. The smallest absolute Gasteiger partial charge is 0.295 e. The normalized spacial score (nSPS) is 17.7. The number of ketones is 1. The van der Waals surface area contributed by atoms with Crippen LogP contribution in [0.5, 0.6) is 5.75 Å². The molecule has 4 rings (SSSR count). The van der Waals surface area contributed by atoms with Gasteiger partial charge in [0.25, 0.3) is 5.91 Å². The number of benzene rings is 1. The average molecular weight is 429 g/mol. The van der Waals surface area contributed by atoms with Crippen LogP contribution in [0.3, 0.4) is 0 Å². The van der Waals surface area contributed by atoms with Gasteiger partial charge in [-0.25, -0.2) is 4.98 Å². The number of aromatic amines is 1. The van der Waals surface area contributed by atoms with Gasteiger partial charge < -0.3 is 14.7 Å². The van der Waals surface area contributed by atoms with Crippen molar-refractivity contribution in [2.45, 2.75) is 32.5 Å². The van der Waals surface area contributed by atoms with Gasteiger partial charge in [-0.05, 0) is 49.2 Å². The van der Waals surface area contributed by atoms with Crippen molar-refractivity contribution in [2.24, 2.45) is 0 Å². The summed E-state index contributed by atoms with van der Waals surface area (Å²) < 4.78 is 5.63.